The Morgan fingerprint density at radius 3 is 2.15 bits per heavy atom. The van der Waals surface area contributed by atoms with Gasteiger partial charge >= 0.3 is 12.1 Å². The van der Waals surface area contributed by atoms with Crippen LogP contribution in [-0.2, 0) is 14.3 Å². The lowest BCUT2D eigenvalue weighted by Gasteiger charge is -2.24. The predicted molar refractivity (Wildman–Crippen MR) is 96.0 cm³/mol. The molecular weight excluding hydrogens is 354 g/mol. The number of amides is 3. The molecule has 1 heterocycles. The molecule has 146 valence electrons. The molecule has 1 fully saturated rings. The second-order valence-electron chi connectivity index (χ2n) is 7.37. The highest BCUT2D eigenvalue weighted by Crippen LogP contribution is 2.27. The quantitative estimate of drug-likeness (QED) is 0.722. The van der Waals surface area contributed by atoms with E-state index in [1.54, 1.807) is 20.8 Å². The van der Waals surface area contributed by atoms with E-state index >= 15 is 0 Å². The average Bonchev–Trinajstić information content (AvgIpc) is 2.99. The summed E-state index contributed by atoms with van der Waals surface area (Å²) in [6.07, 6.45) is -0.658. The van der Waals surface area contributed by atoms with Crippen LogP contribution in [0.1, 0.15) is 31.1 Å². The molecule has 0 aliphatic carbocycles. The molecule has 9 nitrogen and oxygen atoms in total. The zero-order valence-corrected chi connectivity index (χ0v) is 15.4. The van der Waals surface area contributed by atoms with Crippen molar-refractivity contribution >= 4 is 29.6 Å². The topological polar surface area (TPSA) is 139 Å². The normalized spacial score (nSPS) is 19.4. The van der Waals surface area contributed by atoms with Gasteiger partial charge in [-0.15, -0.1) is 0 Å². The van der Waals surface area contributed by atoms with Crippen molar-refractivity contribution in [3.63, 3.8) is 0 Å². The summed E-state index contributed by atoms with van der Waals surface area (Å²) in [5.74, 6) is -4.25. The number of hydrogen-bond acceptors (Lipinski definition) is 5. The molecule has 0 bridgehead atoms. The van der Waals surface area contributed by atoms with Crippen molar-refractivity contribution < 1.29 is 29.0 Å². The maximum absolute atomic E-state index is 12.6. The number of carboxylic acids is 1. The molecule has 0 spiro atoms. The summed E-state index contributed by atoms with van der Waals surface area (Å²) >= 11 is 0. The maximum atomic E-state index is 12.6. The second kappa shape index (κ2) is 7.65. The molecule has 0 radical (unpaired) electrons. The number of nitrogens with zero attached hydrogens (tertiary/aromatic N) is 1. The Hall–Kier alpha value is -3.10. The van der Waals surface area contributed by atoms with Crippen LogP contribution in [0.4, 0.5) is 10.5 Å². The summed E-state index contributed by atoms with van der Waals surface area (Å²) in [6, 6.07) is 5.89. The Morgan fingerprint density at radius 1 is 1.11 bits per heavy atom. The first kappa shape index (κ1) is 20.2. The number of aliphatic carboxylic acids is 1. The van der Waals surface area contributed by atoms with Gasteiger partial charge in [0, 0.05) is 24.3 Å². The largest absolute Gasteiger partial charge is 0.481 e. The number of nitrogens with one attached hydrogen (secondary N) is 1. The van der Waals surface area contributed by atoms with Gasteiger partial charge in [0.25, 0.3) is 0 Å². The maximum Gasteiger partial charge on any atom is 0.410 e. The van der Waals surface area contributed by atoms with Crippen LogP contribution in [0.3, 0.4) is 0 Å². The van der Waals surface area contributed by atoms with Gasteiger partial charge in [0.15, 0.2) is 0 Å². The molecule has 0 aromatic heterocycles. The van der Waals surface area contributed by atoms with Gasteiger partial charge in [-0.3, -0.25) is 14.4 Å². The number of hydrogen-bond donors (Lipinski definition) is 3. The van der Waals surface area contributed by atoms with Crippen molar-refractivity contribution in [2.24, 2.45) is 17.6 Å². The van der Waals surface area contributed by atoms with Crippen LogP contribution in [0, 0.1) is 11.8 Å². The fraction of sp³-hybridized carbons (Fsp3) is 0.444. The SMILES string of the molecule is CC(C)(C)OC(=O)N1C[C@H](C(=O)O)[C@H](C(=O)Nc2ccc(C(N)=O)cc2)C1. The minimum Gasteiger partial charge on any atom is -0.481 e. The smallest absolute Gasteiger partial charge is 0.410 e. The molecule has 1 aromatic rings. The number of carbonyl (C=O) groups excluding carboxylic acids is 3. The summed E-state index contributed by atoms with van der Waals surface area (Å²) in [7, 11) is 0. The molecule has 0 unspecified atom stereocenters. The van der Waals surface area contributed by atoms with E-state index in [-0.39, 0.29) is 18.7 Å². The third-order valence-corrected chi connectivity index (χ3v) is 4.06. The van der Waals surface area contributed by atoms with E-state index in [0.717, 1.165) is 0 Å². The summed E-state index contributed by atoms with van der Waals surface area (Å²) in [6.45, 7) is 4.95. The Labute approximate surface area is 156 Å². The standard InChI is InChI=1S/C18H23N3O6/c1-18(2,3)27-17(26)21-8-12(13(9-21)16(24)25)15(23)20-11-6-4-10(5-7-11)14(19)22/h4-7,12-13H,8-9H2,1-3H3,(H2,19,22)(H,20,23)(H,24,25)/t12-,13+/m1/s1. The van der Waals surface area contributed by atoms with Crippen LogP contribution >= 0.6 is 0 Å². The van der Waals surface area contributed by atoms with E-state index in [9.17, 15) is 24.3 Å². The van der Waals surface area contributed by atoms with Crippen molar-refractivity contribution in [1.82, 2.24) is 4.90 Å². The van der Waals surface area contributed by atoms with Gasteiger partial charge in [0.1, 0.15) is 5.60 Å². The first-order chi connectivity index (χ1) is 12.5. The molecule has 1 aliphatic heterocycles. The van der Waals surface area contributed by atoms with Crippen molar-refractivity contribution in [3.05, 3.63) is 29.8 Å². The lowest BCUT2D eigenvalue weighted by atomic mass is 9.95. The molecule has 4 N–H and O–H groups in total. The van der Waals surface area contributed by atoms with Crippen LogP contribution in [0.15, 0.2) is 24.3 Å². The Balaban J connectivity index is 2.09. The van der Waals surface area contributed by atoms with Gasteiger partial charge in [0.2, 0.25) is 11.8 Å². The second-order valence-corrected chi connectivity index (χ2v) is 7.37. The molecule has 9 heteroatoms. The fourth-order valence-corrected chi connectivity index (χ4v) is 2.75. The minimum absolute atomic E-state index is 0.0584. The van der Waals surface area contributed by atoms with Crippen LogP contribution in [0.2, 0.25) is 0 Å². The lowest BCUT2D eigenvalue weighted by Crippen LogP contribution is -2.36. The van der Waals surface area contributed by atoms with Gasteiger partial charge in [-0.25, -0.2) is 4.79 Å². The monoisotopic (exact) mass is 377 g/mol. The Kier molecular flexibility index (Phi) is 5.72. The summed E-state index contributed by atoms with van der Waals surface area (Å²) in [5, 5.41) is 12.0. The van der Waals surface area contributed by atoms with E-state index in [2.05, 4.69) is 5.32 Å². The zero-order chi connectivity index (χ0) is 20.4. The molecule has 27 heavy (non-hydrogen) atoms. The number of benzene rings is 1. The number of primary amides is 1. The molecule has 2 atom stereocenters. The van der Waals surface area contributed by atoms with E-state index in [4.69, 9.17) is 10.5 Å². The van der Waals surface area contributed by atoms with Gasteiger partial charge in [0.05, 0.1) is 11.8 Å². The Morgan fingerprint density at radius 2 is 1.67 bits per heavy atom. The Bertz CT molecular complexity index is 753. The van der Waals surface area contributed by atoms with Gasteiger partial charge in [-0.2, -0.15) is 0 Å². The van der Waals surface area contributed by atoms with E-state index in [1.807, 2.05) is 0 Å². The molecule has 3 amide bonds. The molecule has 1 aliphatic rings. The fourth-order valence-electron chi connectivity index (χ4n) is 2.75. The molecule has 1 aromatic carbocycles. The van der Waals surface area contributed by atoms with Crippen LogP contribution < -0.4 is 11.1 Å². The first-order valence-corrected chi connectivity index (χ1v) is 8.39. The highest BCUT2D eigenvalue weighted by molar-refractivity contribution is 5.97. The number of anilines is 1. The van der Waals surface area contributed by atoms with E-state index in [1.165, 1.54) is 29.2 Å². The zero-order valence-electron chi connectivity index (χ0n) is 15.4. The van der Waals surface area contributed by atoms with Crippen LogP contribution in [0.25, 0.3) is 0 Å². The van der Waals surface area contributed by atoms with Crippen LogP contribution in [-0.4, -0.2) is 52.6 Å². The minimum atomic E-state index is -1.16. The molecule has 1 saturated heterocycles. The van der Waals surface area contributed by atoms with E-state index in [0.29, 0.717) is 5.69 Å². The van der Waals surface area contributed by atoms with Crippen molar-refractivity contribution in [3.8, 4) is 0 Å². The first-order valence-electron chi connectivity index (χ1n) is 8.39. The van der Waals surface area contributed by atoms with Gasteiger partial charge in [-0.1, -0.05) is 0 Å². The molecule has 0 saturated carbocycles. The molecule has 2 rings (SSSR count). The van der Waals surface area contributed by atoms with Crippen molar-refractivity contribution in [1.29, 1.82) is 0 Å². The van der Waals surface area contributed by atoms with Crippen molar-refractivity contribution in [2.75, 3.05) is 18.4 Å². The highest BCUT2D eigenvalue weighted by Gasteiger charge is 2.44. The van der Waals surface area contributed by atoms with Gasteiger partial charge < -0.3 is 25.8 Å². The predicted octanol–water partition coefficient (Wildman–Crippen LogP) is 1.29. The third-order valence-electron chi connectivity index (χ3n) is 4.06. The molecular formula is C18H23N3O6. The van der Waals surface area contributed by atoms with Crippen LogP contribution in [0.5, 0.6) is 0 Å². The number of likely N-dealkylation sites (tertiary alicyclic amines) is 1. The van der Waals surface area contributed by atoms with Crippen molar-refractivity contribution in [2.45, 2.75) is 26.4 Å². The number of carbonyl (C=O) groups is 4. The third kappa shape index (κ3) is 5.19. The number of ether oxygens (including phenoxy) is 1. The van der Waals surface area contributed by atoms with Gasteiger partial charge in [-0.05, 0) is 45.0 Å². The lowest BCUT2D eigenvalue weighted by molar-refractivity contribution is -0.144. The summed E-state index contributed by atoms with van der Waals surface area (Å²) < 4.78 is 5.25. The van der Waals surface area contributed by atoms with E-state index < -0.39 is 41.3 Å². The number of carboxylic acid groups (broad SMARTS) is 1. The summed E-state index contributed by atoms with van der Waals surface area (Å²) in [5.41, 5.74) is 5.12. The average molecular weight is 377 g/mol. The number of rotatable bonds is 4. The summed E-state index contributed by atoms with van der Waals surface area (Å²) in [4.78, 5) is 48.6. The highest BCUT2D eigenvalue weighted by atomic mass is 16.6. The number of nitrogens with two attached hydrogens (primary N) is 1.